The Balaban J connectivity index is 2.05. The molecule has 0 bridgehead atoms. The predicted molar refractivity (Wildman–Crippen MR) is 91.0 cm³/mol. The third-order valence-electron chi connectivity index (χ3n) is 3.13. The summed E-state index contributed by atoms with van der Waals surface area (Å²) < 4.78 is 5.32. The summed E-state index contributed by atoms with van der Waals surface area (Å²) >= 11 is 5.32. The highest BCUT2D eigenvalue weighted by atomic mass is 32.1. The minimum Gasteiger partial charge on any atom is -0.359 e. The van der Waals surface area contributed by atoms with Gasteiger partial charge in [-0.25, -0.2) is 0 Å². The van der Waals surface area contributed by atoms with Crippen LogP contribution in [0.1, 0.15) is 37.7 Å². The Kier molecular flexibility index (Phi) is 4.32. The maximum Gasteiger partial charge on any atom is 0.176 e. The smallest absolute Gasteiger partial charge is 0.176 e. The molecule has 0 aliphatic carbocycles. The van der Waals surface area contributed by atoms with Gasteiger partial charge in [-0.3, -0.25) is 0 Å². The molecule has 0 saturated heterocycles. The molecule has 2 N–H and O–H groups in total. The molecule has 21 heavy (non-hydrogen) atoms. The number of aryl methyl sites for hydroxylation is 2. The van der Waals surface area contributed by atoms with E-state index in [4.69, 9.17) is 16.7 Å². The number of nitrogens with one attached hydrogen (secondary N) is 2. The van der Waals surface area contributed by atoms with E-state index >= 15 is 0 Å². The van der Waals surface area contributed by atoms with E-state index < -0.39 is 0 Å². The lowest BCUT2D eigenvalue weighted by Crippen LogP contribution is -2.20. The first-order valence-corrected chi connectivity index (χ1v) is 7.29. The van der Waals surface area contributed by atoms with Gasteiger partial charge in [-0.15, -0.1) is 0 Å². The Morgan fingerprint density at radius 3 is 2.48 bits per heavy atom. The van der Waals surface area contributed by atoms with Gasteiger partial charge in [0.1, 0.15) is 5.76 Å². The quantitative estimate of drug-likeness (QED) is 0.805. The molecule has 0 aliphatic rings. The average molecular weight is 303 g/mol. The van der Waals surface area contributed by atoms with Crippen LogP contribution in [0.4, 0.5) is 11.5 Å². The number of anilines is 2. The molecule has 4 nitrogen and oxygen atoms in total. The molecule has 0 fully saturated rings. The number of aromatic nitrogens is 1. The molecule has 112 valence electrons. The minimum absolute atomic E-state index is 0.0743. The molecule has 0 aliphatic heterocycles. The number of benzene rings is 1. The van der Waals surface area contributed by atoms with Crippen LogP contribution in [0.5, 0.6) is 0 Å². The molecule has 2 rings (SSSR count). The lowest BCUT2D eigenvalue weighted by molar-refractivity contribution is 0.331. The molecular weight excluding hydrogens is 282 g/mol. The lowest BCUT2D eigenvalue weighted by Gasteiger charge is -2.12. The van der Waals surface area contributed by atoms with Crippen molar-refractivity contribution in [2.75, 3.05) is 10.6 Å². The van der Waals surface area contributed by atoms with Crippen molar-refractivity contribution in [2.45, 2.75) is 40.0 Å². The van der Waals surface area contributed by atoms with Gasteiger partial charge in [0.25, 0.3) is 0 Å². The van der Waals surface area contributed by atoms with E-state index in [0.29, 0.717) is 10.9 Å². The van der Waals surface area contributed by atoms with Gasteiger partial charge in [-0.1, -0.05) is 38.1 Å². The maximum atomic E-state index is 5.32. The van der Waals surface area contributed by atoms with Crippen LogP contribution in [-0.4, -0.2) is 10.3 Å². The second-order valence-electron chi connectivity index (χ2n) is 6.22. The molecule has 0 amide bonds. The van der Waals surface area contributed by atoms with Gasteiger partial charge in [0, 0.05) is 17.2 Å². The average Bonchev–Trinajstić information content (AvgIpc) is 2.82. The standard InChI is InChI=1S/C16H21N3OS/c1-10-6-7-11(2)12(8-10)17-15(21)18-14-9-13(20-19-14)16(3,4)5/h6-9H,1-5H3,(H2,17,18,19,21). The van der Waals surface area contributed by atoms with Gasteiger partial charge in [0.2, 0.25) is 0 Å². The first-order chi connectivity index (χ1) is 9.75. The fourth-order valence-corrected chi connectivity index (χ4v) is 2.04. The normalized spacial score (nSPS) is 11.3. The van der Waals surface area contributed by atoms with Crippen molar-refractivity contribution >= 4 is 28.8 Å². The lowest BCUT2D eigenvalue weighted by atomic mass is 9.93. The van der Waals surface area contributed by atoms with E-state index in [1.807, 2.05) is 19.9 Å². The molecule has 5 heteroatoms. The van der Waals surface area contributed by atoms with Gasteiger partial charge in [-0.2, -0.15) is 0 Å². The van der Waals surface area contributed by atoms with Crippen LogP contribution in [0.15, 0.2) is 28.8 Å². The van der Waals surface area contributed by atoms with Crippen molar-refractivity contribution in [3.05, 3.63) is 41.2 Å². The molecule has 2 aromatic rings. The third-order valence-corrected chi connectivity index (χ3v) is 3.34. The molecule has 0 radical (unpaired) electrons. The first-order valence-electron chi connectivity index (χ1n) is 6.88. The third kappa shape index (κ3) is 4.04. The van der Waals surface area contributed by atoms with Crippen molar-refractivity contribution in [3.8, 4) is 0 Å². The highest BCUT2D eigenvalue weighted by molar-refractivity contribution is 7.80. The molecule has 1 aromatic heterocycles. The fourth-order valence-electron chi connectivity index (χ4n) is 1.83. The monoisotopic (exact) mass is 303 g/mol. The van der Waals surface area contributed by atoms with Gasteiger partial charge in [0.15, 0.2) is 10.9 Å². The second kappa shape index (κ2) is 5.85. The second-order valence-corrected chi connectivity index (χ2v) is 6.63. The number of hydrogen-bond donors (Lipinski definition) is 2. The van der Waals surface area contributed by atoms with Crippen LogP contribution in [0, 0.1) is 13.8 Å². The number of nitrogens with zero attached hydrogens (tertiary/aromatic N) is 1. The molecule has 0 unspecified atom stereocenters. The van der Waals surface area contributed by atoms with Crippen molar-refractivity contribution in [2.24, 2.45) is 0 Å². The van der Waals surface area contributed by atoms with Crippen LogP contribution >= 0.6 is 12.2 Å². The van der Waals surface area contributed by atoms with Crippen LogP contribution < -0.4 is 10.6 Å². The van der Waals surface area contributed by atoms with Crippen molar-refractivity contribution in [1.82, 2.24) is 5.16 Å². The number of hydrogen-bond acceptors (Lipinski definition) is 3. The van der Waals surface area contributed by atoms with Crippen molar-refractivity contribution < 1.29 is 4.52 Å². The Morgan fingerprint density at radius 2 is 1.86 bits per heavy atom. The summed E-state index contributed by atoms with van der Waals surface area (Å²) in [6.45, 7) is 10.3. The molecule has 1 heterocycles. The largest absolute Gasteiger partial charge is 0.359 e. The zero-order valence-electron chi connectivity index (χ0n) is 13.1. The van der Waals surface area contributed by atoms with Crippen molar-refractivity contribution in [1.29, 1.82) is 0 Å². The Hall–Kier alpha value is -1.88. The topological polar surface area (TPSA) is 50.1 Å². The van der Waals surface area contributed by atoms with Gasteiger partial charge < -0.3 is 15.2 Å². The van der Waals surface area contributed by atoms with Gasteiger partial charge in [0.05, 0.1) is 0 Å². The zero-order chi connectivity index (χ0) is 15.6. The molecule has 0 atom stereocenters. The summed E-state index contributed by atoms with van der Waals surface area (Å²) in [6.07, 6.45) is 0. The molecule has 0 spiro atoms. The van der Waals surface area contributed by atoms with E-state index in [0.717, 1.165) is 17.0 Å². The molecule has 0 saturated carbocycles. The fraction of sp³-hybridized carbons (Fsp3) is 0.375. The Labute approximate surface area is 130 Å². The number of rotatable bonds is 2. The predicted octanol–water partition coefficient (Wildman–Crippen LogP) is 4.40. The van der Waals surface area contributed by atoms with E-state index in [1.54, 1.807) is 0 Å². The van der Waals surface area contributed by atoms with Crippen LogP contribution in [0.2, 0.25) is 0 Å². The van der Waals surface area contributed by atoms with E-state index in [2.05, 4.69) is 54.8 Å². The number of thiocarbonyl (C=S) groups is 1. The summed E-state index contributed by atoms with van der Waals surface area (Å²) in [5.74, 6) is 1.43. The minimum atomic E-state index is -0.0743. The van der Waals surface area contributed by atoms with Gasteiger partial charge >= 0.3 is 0 Å². The Bertz CT molecular complexity index is 656. The van der Waals surface area contributed by atoms with E-state index in [9.17, 15) is 0 Å². The highest BCUT2D eigenvalue weighted by Crippen LogP contribution is 2.24. The molecule has 1 aromatic carbocycles. The summed E-state index contributed by atoms with van der Waals surface area (Å²) in [7, 11) is 0. The molecular formula is C16H21N3OS. The van der Waals surface area contributed by atoms with E-state index in [1.165, 1.54) is 5.56 Å². The van der Waals surface area contributed by atoms with Gasteiger partial charge in [-0.05, 0) is 43.3 Å². The van der Waals surface area contributed by atoms with Crippen LogP contribution in [0.25, 0.3) is 0 Å². The maximum absolute atomic E-state index is 5.32. The zero-order valence-corrected chi connectivity index (χ0v) is 13.9. The summed E-state index contributed by atoms with van der Waals surface area (Å²) in [6, 6.07) is 8.07. The first kappa shape index (κ1) is 15.5. The SMILES string of the molecule is Cc1ccc(C)c(NC(=S)Nc2cc(C(C)(C)C)on2)c1. The van der Waals surface area contributed by atoms with E-state index in [-0.39, 0.29) is 5.41 Å². The van der Waals surface area contributed by atoms with Crippen LogP contribution in [-0.2, 0) is 5.41 Å². The summed E-state index contributed by atoms with van der Waals surface area (Å²) in [4.78, 5) is 0. The Morgan fingerprint density at radius 1 is 1.14 bits per heavy atom. The summed E-state index contributed by atoms with van der Waals surface area (Å²) in [5.41, 5.74) is 3.24. The highest BCUT2D eigenvalue weighted by Gasteiger charge is 2.19. The summed E-state index contributed by atoms with van der Waals surface area (Å²) in [5, 5.41) is 10.7. The van der Waals surface area contributed by atoms with Crippen LogP contribution in [0.3, 0.4) is 0 Å². The van der Waals surface area contributed by atoms with Crippen molar-refractivity contribution in [3.63, 3.8) is 0 Å².